The summed E-state index contributed by atoms with van der Waals surface area (Å²) in [5.41, 5.74) is 2.77. The molecule has 0 aliphatic carbocycles. The molecule has 8 nitrogen and oxygen atoms in total. The van der Waals surface area contributed by atoms with Crippen LogP contribution in [0.4, 0.5) is 5.69 Å². The number of nitrogens with one attached hydrogen (secondary N) is 2. The number of benzene rings is 3. The van der Waals surface area contributed by atoms with Gasteiger partial charge in [-0.2, -0.15) is 8.42 Å². The van der Waals surface area contributed by atoms with Crippen LogP contribution in [0.2, 0.25) is 5.02 Å². The van der Waals surface area contributed by atoms with E-state index in [0.29, 0.717) is 28.7 Å². The van der Waals surface area contributed by atoms with Gasteiger partial charge < -0.3 is 19.8 Å². The Balaban J connectivity index is 1.35. The Labute approximate surface area is 226 Å². The number of carbonyl (C=O) groups is 1. The molecule has 1 unspecified atom stereocenters. The monoisotopic (exact) mass is 556 g/mol. The minimum atomic E-state index is -4.13. The van der Waals surface area contributed by atoms with Gasteiger partial charge in [-0.25, -0.2) is 0 Å². The van der Waals surface area contributed by atoms with Crippen LogP contribution < -0.4 is 15.4 Å². The predicted molar refractivity (Wildman–Crippen MR) is 150 cm³/mol. The smallest absolute Gasteiger partial charge is 0.266 e. The maximum absolute atomic E-state index is 12.2. The summed E-state index contributed by atoms with van der Waals surface area (Å²) in [6, 6.07) is 22.1. The van der Waals surface area contributed by atoms with Crippen molar-refractivity contribution in [3.63, 3.8) is 0 Å². The molecule has 0 saturated carbocycles. The van der Waals surface area contributed by atoms with Gasteiger partial charge in [0, 0.05) is 28.7 Å². The number of fused-ring (bicyclic) bond motifs is 1. The second-order valence-electron chi connectivity index (χ2n) is 9.22. The van der Waals surface area contributed by atoms with Gasteiger partial charge in [0.15, 0.2) is 0 Å². The molecule has 0 aliphatic rings. The number of ether oxygens (including phenoxy) is 1. The molecule has 0 fully saturated rings. The van der Waals surface area contributed by atoms with Gasteiger partial charge in [0.1, 0.15) is 23.7 Å². The Morgan fingerprint density at radius 2 is 1.79 bits per heavy atom. The van der Waals surface area contributed by atoms with E-state index in [9.17, 15) is 13.2 Å². The molecule has 1 aromatic heterocycles. The Kier molecular flexibility index (Phi) is 8.61. The summed E-state index contributed by atoms with van der Waals surface area (Å²) in [7, 11) is -4.13. The van der Waals surface area contributed by atoms with E-state index in [-0.39, 0.29) is 18.5 Å². The highest BCUT2D eigenvalue weighted by Gasteiger charge is 2.16. The maximum atomic E-state index is 12.2. The Morgan fingerprint density at radius 1 is 1.05 bits per heavy atom. The number of anilines is 1. The molecular weight excluding hydrogens is 528 g/mol. The first-order chi connectivity index (χ1) is 18.1. The van der Waals surface area contributed by atoms with E-state index in [1.54, 1.807) is 30.3 Å². The molecule has 1 atom stereocenters. The van der Waals surface area contributed by atoms with E-state index in [1.165, 1.54) is 0 Å². The summed E-state index contributed by atoms with van der Waals surface area (Å²) < 4.78 is 42.3. The van der Waals surface area contributed by atoms with Crippen molar-refractivity contribution >= 4 is 44.3 Å². The standard InChI is InChI=1S/C28H29ClN2O6S/c1-18(2)25(31-21-9-7-19(8-10-21)28(32)30-13-14-38(33,34)35)17-36-22-11-12-23(24(29)16-22)27-15-20-5-3-4-6-26(20)37-27/h3-12,15-16,18,25,31H,13-14,17H2,1-2H3,(H,30,32)(H,33,34,35). The third kappa shape index (κ3) is 7.28. The Hall–Kier alpha value is -3.53. The fourth-order valence-corrected chi connectivity index (χ4v) is 4.44. The lowest BCUT2D eigenvalue weighted by Crippen LogP contribution is -2.32. The molecule has 10 heteroatoms. The van der Waals surface area contributed by atoms with Gasteiger partial charge in [0.25, 0.3) is 16.0 Å². The second-order valence-corrected chi connectivity index (χ2v) is 11.2. The van der Waals surface area contributed by atoms with Crippen LogP contribution in [-0.2, 0) is 10.1 Å². The molecule has 0 saturated heterocycles. The summed E-state index contributed by atoms with van der Waals surface area (Å²) in [6.07, 6.45) is 0. The summed E-state index contributed by atoms with van der Waals surface area (Å²) >= 11 is 6.56. The zero-order valence-corrected chi connectivity index (χ0v) is 22.6. The van der Waals surface area contributed by atoms with Crippen LogP contribution in [0.25, 0.3) is 22.3 Å². The SMILES string of the molecule is CC(C)C(COc1ccc(-c2cc3ccccc3o2)c(Cl)c1)Nc1ccc(C(=O)NCCS(=O)(=O)O)cc1. The first kappa shape index (κ1) is 27.5. The van der Waals surface area contributed by atoms with Gasteiger partial charge >= 0.3 is 0 Å². The van der Waals surface area contributed by atoms with Gasteiger partial charge in [-0.05, 0) is 60.5 Å². The van der Waals surface area contributed by atoms with Crippen molar-refractivity contribution in [2.24, 2.45) is 5.92 Å². The molecule has 1 amide bonds. The predicted octanol–water partition coefficient (Wildman–Crippen LogP) is 5.89. The summed E-state index contributed by atoms with van der Waals surface area (Å²) in [4.78, 5) is 12.2. The first-order valence-corrected chi connectivity index (χ1v) is 14.1. The highest BCUT2D eigenvalue weighted by atomic mass is 35.5. The van der Waals surface area contributed by atoms with Crippen molar-refractivity contribution in [2.75, 3.05) is 24.2 Å². The number of rotatable bonds is 11. The highest BCUT2D eigenvalue weighted by molar-refractivity contribution is 7.85. The number of para-hydroxylation sites is 1. The van der Waals surface area contributed by atoms with E-state index in [4.69, 9.17) is 25.3 Å². The van der Waals surface area contributed by atoms with Crippen molar-refractivity contribution in [1.82, 2.24) is 5.32 Å². The Bertz CT molecular complexity index is 1480. The minimum absolute atomic E-state index is 0.0294. The van der Waals surface area contributed by atoms with Gasteiger partial charge in [-0.1, -0.05) is 43.6 Å². The van der Waals surface area contributed by atoms with E-state index >= 15 is 0 Å². The fourth-order valence-electron chi connectivity index (χ4n) is 3.81. The first-order valence-electron chi connectivity index (χ1n) is 12.1. The molecule has 38 heavy (non-hydrogen) atoms. The molecule has 4 rings (SSSR count). The van der Waals surface area contributed by atoms with E-state index in [2.05, 4.69) is 24.5 Å². The van der Waals surface area contributed by atoms with Crippen molar-refractivity contribution in [1.29, 1.82) is 0 Å². The van der Waals surface area contributed by atoms with Crippen molar-refractivity contribution in [3.8, 4) is 17.1 Å². The molecule has 3 N–H and O–H groups in total. The lowest BCUT2D eigenvalue weighted by molar-refractivity contribution is 0.0956. The fraction of sp³-hybridized carbons (Fsp3) is 0.250. The number of carbonyl (C=O) groups excluding carboxylic acids is 1. The van der Waals surface area contributed by atoms with Gasteiger partial charge in [-0.3, -0.25) is 9.35 Å². The van der Waals surface area contributed by atoms with Crippen LogP contribution in [0, 0.1) is 5.92 Å². The lowest BCUT2D eigenvalue weighted by atomic mass is 10.0. The third-order valence-corrected chi connectivity index (χ3v) is 7.04. The molecule has 1 heterocycles. The number of hydrogen-bond acceptors (Lipinski definition) is 6. The Morgan fingerprint density at radius 3 is 2.45 bits per heavy atom. The van der Waals surface area contributed by atoms with Crippen LogP contribution in [-0.4, -0.2) is 43.8 Å². The number of hydrogen-bond donors (Lipinski definition) is 3. The van der Waals surface area contributed by atoms with Crippen LogP contribution in [0.5, 0.6) is 5.75 Å². The molecule has 0 radical (unpaired) electrons. The van der Waals surface area contributed by atoms with E-state index in [0.717, 1.165) is 22.2 Å². The third-order valence-electron chi connectivity index (χ3n) is 6.01. The zero-order chi connectivity index (χ0) is 27.3. The highest BCUT2D eigenvalue weighted by Crippen LogP contribution is 2.34. The molecule has 4 aromatic rings. The van der Waals surface area contributed by atoms with Gasteiger partial charge in [0.05, 0.1) is 16.8 Å². The maximum Gasteiger partial charge on any atom is 0.266 e. The second kappa shape index (κ2) is 11.9. The average molecular weight is 557 g/mol. The number of furan rings is 1. The van der Waals surface area contributed by atoms with Crippen LogP contribution in [0.1, 0.15) is 24.2 Å². The average Bonchev–Trinajstić information content (AvgIpc) is 3.30. The minimum Gasteiger partial charge on any atom is -0.491 e. The molecule has 3 aromatic carbocycles. The summed E-state index contributed by atoms with van der Waals surface area (Å²) in [5, 5.41) is 7.43. The zero-order valence-electron chi connectivity index (χ0n) is 21.0. The lowest BCUT2D eigenvalue weighted by Gasteiger charge is -2.24. The molecule has 0 aliphatic heterocycles. The number of amides is 1. The van der Waals surface area contributed by atoms with Crippen LogP contribution >= 0.6 is 11.6 Å². The van der Waals surface area contributed by atoms with Crippen LogP contribution in [0.3, 0.4) is 0 Å². The quantitative estimate of drug-likeness (QED) is 0.197. The normalized spacial score (nSPS) is 12.4. The van der Waals surface area contributed by atoms with Crippen molar-refractivity contribution < 1.29 is 26.9 Å². The molecule has 200 valence electrons. The van der Waals surface area contributed by atoms with Gasteiger partial charge in [0.2, 0.25) is 0 Å². The largest absolute Gasteiger partial charge is 0.491 e. The van der Waals surface area contributed by atoms with Crippen LogP contribution in [0.15, 0.2) is 77.2 Å². The van der Waals surface area contributed by atoms with E-state index in [1.807, 2.05) is 42.5 Å². The van der Waals surface area contributed by atoms with Crippen molar-refractivity contribution in [2.45, 2.75) is 19.9 Å². The van der Waals surface area contributed by atoms with Gasteiger partial charge in [-0.15, -0.1) is 0 Å². The number of halogens is 1. The molecule has 0 spiro atoms. The topological polar surface area (TPSA) is 118 Å². The molecular formula is C28H29ClN2O6S. The van der Waals surface area contributed by atoms with E-state index < -0.39 is 21.8 Å². The summed E-state index contributed by atoms with van der Waals surface area (Å²) in [5.74, 6) is 0.609. The van der Waals surface area contributed by atoms with Crippen molar-refractivity contribution in [3.05, 3.63) is 83.4 Å². The summed E-state index contributed by atoms with van der Waals surface area (Å²) in [6.45, 7) is 4.37. The molecule has 0 bridgehead atoms.